The number of hydrogen-bond donors (Lipinski definition) is 0. The zero-order valence-corrected chi connectivity index (χ0v) is 16.6. The number of sulfonamides is 1. The molecule has 9 heteroatoms. The van der Waals surface area contributed by atoms with Gasteiger partial charge in [0.05, 0.1) is 6.33 Å². The zero-order valence-electron chi connectivity index (χ0n) is 15.8. The summed E-state index contributed by atoms with van der Waals surface area (Å²) in [6.07, 6.45) is 5.50. The summed E-state index contributed by atoms with van der Waals surface area (Å²) < 4.78 is 44.0. The lowest BCUT2D eigenvalue weighted by atomic mass is 10.1. The molecule has 1 aliphatic rings. The molecule has 7 nitrogen and oxygen atoms in total. The second kappa shape index (κ2) is 7.14. The van der Waals surface area contributed by atoms with E-state index in [0.29, 0.717) is 26.1 Å². The van der Waals surface area contributed by atoms with Gasteiger partial charge in [-0.05, 0) is 31.0 Å². The van der Waals surface area contributed by atoms with Crippen LogP contribution in [0.1, 0.15) is 29.4 Å². The lowest BCUT2D eigenvalue weighted by Gasteiger charge is -2.17. The predicted molar refractivity (Wildman–Crippen MR) is 102 cm³/mol. The molecule has 0 N–H and O–H groups in total. The molecule has 3 heterocycles. The van der Waals surface area contributed by atoms with Gasteiger partial charge in [0.2, 0.25) is 0 Å². The Labute approximate surface area is 163 Å². The van der Waals surface area contributed by atoms with Crippen LogP contribution in [0.3, 0.4) is 0 Å². The minimum atomic E-state index is -3.61. The fourth-order valence-electron chi connectivity index (χ4n) is 3.60. The molecule has 0 aliphatic carbocycles. The van der Waals surface area contributed by atoms with Crippen molar-refractivity contribution in [1.82, 2.24) is 23.4 Å². The number of aromatic nitrogens is 4. The molecule has 1 fully saturated rings. The van der Waals surface area contributed by atoms with Crippen LogP contribution < -0.4 is 0 Å². The second-order valence-electron chi connectivity index (χ2n) is 7.20. The van der Waals surface area contributed by atoms with E-state index in [1.54, 1.807) is 29.9 Å². The van der Waals surface area contributed by atoms with Gasteiger partial charge in [0.25, 0.3) is 10.0 Å². The fraction of sp³-hybridized carbons (Fsp3) is 0.368. The number of imidazole rings is 2. The van der Waals surface area contributed by atoms with Crippen LogP contribution in [0.4, 0.5) is 4.39 Å². The van der Waals surface area contributed by atoms with Crippen LogP contribution in [0.2, 0.25) is 0 Å². The lowest BCUT2D eigenvalue weighted by Crippen LogP contribution is -2.29. The van der Waals surface area contributed by atoms with Crippen LogP contribution in [0.5, 0.6) is 0 Å². The third kappa shape index (κ3) is 3.47. The maximum Gasteiger partial charge on any atom is 0.262 e. The van der Waals surface area contributed by atoms with E-state index < -0.39 is 10.0 Å². The second-order valence-corrected chi connectivity index (χ2v) is 9.08. The summed E-state index contributed by atoms with van der Waals surface area (Å²) in [5, 5.41) is 0.0708. The molecule has 0 radical (unpaired) electrons. The van der Waals surface area contributed by atoms with Crippen molar-refractivity contribution in [3.05, 3.63) is 65.9 Å². The topological polar surface area (TPSA) is 73.0 Å². The molecule has 0 saturated carbocycles. The maximum absolute atomic E-state index is 13.2. The van der Waals surface area contributed by atoms with Gasteiger partial charge in [-0.3, -0.25) is 0 Å². The number of halogens is 1. The van der Waals surface area contributed by atoms with Gasteiger partial charge in [-0.25, -0.2) is 22.8 Å². The molecule has 148 valence electrons. The van der Waals surface area contributed by atoms with Crippen LogP contribution in [0, 0.1) is 12.7 Å². The molecule has 28 heavy (non-hydrogen) atoms. The number of benzene rings is 1. The Hall–Kier alpha value is -2.52. The Morgan fingerprint density at radius 1 is 1.21 bits per heavy atom. The molecular formula is C19H22FN5O2S. The summed E-state index contributed by atoms with van der Waals surface area (Å²) in [4.78, 5) is 8.55. The summed E-state index contributed by atoms with van der Waals surface area (Å²) in [7, 11) is -1.86. The average molecular weight is 403 g/mol. The molecule has 1 atom stereocenters. The molecule has 3 aromatic rings. The van der Waals surface area contributed by atoms with Gasteiger partial charge in [-0.1, -0.05) is 12.1 Å². The van der Waals surface area contributed by atoms with Crippen molar-refractivity contribution in [2.24, 2.45) is 7.05 Å². The van der Waals surface area contributed by atoms with Crippen molar-refractivity contribution in [3.63, 3.8) is 0 Å². The predicted octanol–water partition coefficient (Wildman–Crippen LogP) is 2.29. The Morgan fingerprint density at radius 3 is 2.64 bits per heavy atom. The molecule has 1 saturated heterocycles. The van der Waals surface area contributed by atoms with Crippen LogP contribution >= 0.6 is 0 Å². The summed E-state index contributed by atoms with van der Waals surface area (Å²) in [5.74, 6) is 0.602. The van der Waals surface area contributed by atoms with Gasteiger partial charge < -0.3 is 9.13 Å². The SMILES string of the molecule is Cc1cnc(C2CCN(S(=O)(=O)c3cn(C)cn3)C2)n1Cc1ccc(F)cc1. The molecule has 0 amide bonds. The van der Waals surface area contributed by atoms with Gasteiger partial charge >= 0.3 is 0 Å². The van der Waals surface area contributed by atoms with E-state index in [9.17, 15) is 12.8 Å². The maximum atomic E-state index is 13.2. The van der Waals surface area contributed by atoms with Crippen molar-refractivity contribution in [1.29, 1.82) is 0 Å². The first-order valence-electron chi connectivity index (χ1n) is 9.09. The third-order valence-corrected chi connectivity index (χ3v) is 6.89. The normalized spacial score (nSPS) is 18.0. The Kier molecular flexibility index (Phi) is 4.80. The molecule has 0 spiro atoms. The first-order chi connectivity index (χ1) is 13.3. The Balaban J connectivity index is 1.55. The van der Waals surface area contributed by atoms with E-state index in [1.807, 2.05) is 6.92 Å². The van der Waals surface area contributed by atoms with Crippen molar-refractivity contribution < 1.29 is 12.8 Å². The van der Waals surface area contributed by atoms with Gasteiger partial charge in [-0.2, -0.15) is 4.31 Å². The first kappa shape index (κ1) is 18.8. The monoisotopic (exact) mass is 403 g/mol. The summed E-state index contributed by atoms with van der Waals surface area (Å²) in [6.45, 7) is 3.35. The highest BCUT2D eigenvalue weighted by atomic mass is 32.2. The van der Waals surface area contributed by atoms with Crippen LogP contribution in [-0.2, 0) is 23.6 Å². The van der Waals surface area contributed by atoms with Crippen molar-refractivity contribution >= 4 is 10.0 Å². The van der Waals surface area contributed by atoms with Crippen molar-refractivity contribution in [2.45, 2.75) is 30.8 Å². The average Bonchev–Trinajstić information content (AvgIpc) is 3.38. The van der Waals surface area contributed by atoms with Crippen LogP contribution in [-0.4, -0.2) is 44.9 Å². The van der Waals surface area contributed by atoms with Crippen molar-refractivity contribution in [3.8, 4) is 0 Å². The van der Waals surface area contributed by atoms with E-state index in [-0.39, 0.29) is 16.8 Å². The van der Waals surface area contributed by atoms with Gasteiger partial charge in [-0.15, -0.1) is 0 Å². The molecule has 0 bridgehead atoms. The van der Waals surface area contributed by atoms with E-state index in [2.05, 4.69) is 14.5 Å². The van der Waals surface area contributed by atoms with Gasteiger partial charge in [0.1, 0.15) is 11.6 Å². The van der Waals surface area contributed by atoms with Crippen LogP contribution in [0.15, 0.2) is 48.0 Å². The fourth-order valence-corrected chi connectivity index (χ4v) is 5.06. The molecule has 1 aromatic carbocycles. The van der Waals surface area contributed by atoms with Gasteiger partial charge in [0, 0.05) is 50.7 Å². The number of hydrogen-bond acceptors (Lipinski definition) is 4. The van der Waals surface area contributed by atoms with E-state index in [4.69, 9.17) is 0 Å². The van der Waals surface area contributed by atoms with E-state index in [0.717, 1.165) is 17.1 Å². The highest BCUT2D eigenvalue weighted by Gasteiger charge is 2.36. The molecule has 1 aliphatic heterocycles. The highest BCUT2D eigenvalue weighted by molar-refractivity contribution is 7.89. The Bertz CT molecular complexity index is 1090. The third-order valence-electron chi connectivity index (χ3n) is 5.14. The lowest BCUT2D eigenvalue weighted by molar-refractivity contribution is 0.466. The van der Waals surface area contributed by atoms with E-state index >= 15 is 0 Å². The molecule has 2 aromatic heterocycles. The largest absolute Gasteiger partial charge is 0.339 e. The zero-order chi connectivity index (χ0) is 19.9. The summed E-state index contributed by atoms with van der Waals surface area (Å²) in [6, 6.07) is 6.39. The summed E-state index contributed by atoms with van der Waals surface area (Å²) >= 11 is 0. The number of rotatable bonds is 5. The molecular weight excluding hydrogens is 381 g/mol. The number of aryl methyl sites for hydroxylation is 2. The van der Waals surface area contributed by atoms with Gasteiger partial charge in [0.15, 0.2) is 5.03 Å². The quantitative estimate of drug-likeness (QED) is 0.655. The smallest absolute Gasteiger partial charge is 0.262 e. The minimum absolute atomic E-state index is 0.00707. The Morgan fingerprint density at radius 2 is 1.96 bits per heavy atom. The standard InChI is InChI=1S/C19H22FN5O2S/c1-14-9-21-19(25(14)10-15-3-5-17(20)6-4-15)16-7-8-24(11-16)28(26,27)18-12-23(2)13-22-18/h3-6,9,12-13,16H,7-8,10-11H2,1-2H3. The first-order valence-corrected chi connectivity index (χ1v) is 10.5. The molecule has 1 unspecified atom stereocenters. The summed E-state index contributed by atoms with van der Waals surface area (Å²) in [5.41, 5.74) is 1.96. The van der Waals surface area contributed by atoms with Crippen LogP contribution in [0.25, 0.3) is 0 Å². The highest BCUT2D eigenvalue weighted by Crippen LogP contribution is 2.31. The van der Waals surface area contributed by atoms with Crippen molar-refractivity contribution in [2.75, 3.05) is 13.1 Å². The number of nitrogens with zero attached hydrogens (tertiary/aromatic N) is 5. The molecule has 4 rings (SSSR count). The minimum Gasteiger partial charge on any atom is -0.339 e. The van der Waals surface area contributed by atoms with E-state index in [1.165, 1.54) is 29.0 Å².